The molecule has 35 heavy (non-hydrogen) atoms. The molecule has 8 heteroatoms. The number of rotatable bonds is 4. The zero-order valence-corrected chi connectivity index (χ0v) is 19.3. The third kappa shape index (κ3) is 3.87. The molecular weight excluding hydrogens is 462 g/mol. The van der Waals surface area contributed by atoms with E-state index < -0.39 is 5.97 Å². The predicted octanol–water partition coefficient (Wildman–Crippen LogP) is 4.85. The largest absolute Gasteiger partial charge is 0.508 e. The van der Waals surface area contributed by atoms with Gasteiger partial charge in [-0.25, -0.2) is 14.8 Å². The fourth-order valence-electron chi connectivity index (χ4n) is 4.46. The quantitative estimate of drug-likeness (QED) is 0.369. The van der Waals surface area contributed by atoms with Crippen molar-refractivity contribution in [2.75, 3.05) is 0 Å². The molecule has 1 aliphatic carbocycles. The van der Waals surface area contributed by atoms with Crippen LogP contribution in [0.15, 0.2) is 71.0 Å². The van der Waals surface area contributed by atoms with Crippen molar-refractivity contribution in [3.63, 3.8) is 0 Å². The maximum Gasteiger partial charge on any atom is 0.339 e. The average Bonchev–Trinajstić information content (AvgIpc) is 3.50. The minimum absolute atomic E-state index is 0.0932. The highest BCUT2D eigenvalue weighted by Crippen LogP contribution is 2.38. The second kappa shape index (κ2) is 8.48. The Labute approximate surface area is 203 Å². The molecule has 3 aromatic heterocycles. The Morgan fingerprint density at radius 3 is 2.80 bits per heavy atom. The molecule has 0 bridgehead atoms. The van der Waals surface area contributed by atoms with Crippen LogP contribution in [0.25, 0.3) is 27.5 Å². The highest BCUT2D eigenvalue weighted by molar-refractivity contribution is 7.15. The molecule has 7 nitrogen and oxygen atoms in total. The van der Waals surface area contributed by atoms with Gasteiger partial charge in [0.2, 0.25) is 0 Å². The van der Waals surface area contributed by atoms with Gasteiger partial charge in [-0.15, -0.1) is 11.3 Å². The summed E-state index contributed by atoms with van der Waals surface area (Å²) in [5, 5.41) is 12.1. The van der Waals surface area contributed by atoms with Crippen molar-refractivity contribution in [1.82, 2.24) is 14.4 Å². The Morgan fingerprint density at radius 2 is 1.94 bits per heavy atom. The molecule has 0 amide bonds. The van der Waals surface area contributed by atoms with Gasteiger partial charge in [0.1, 0.15) is 12.4 Å². The topological polar surface area (TPSA) is 93.8 Å². The monoisotopic (exact) mass is 481 g/mol. The predicted molar refractivity (Wildman–Crippen MR) is 135 cm³/mol. The molecule has 0 spiro atoms. The number of phenols is 1. The van der Waals surface area contributed by atoms with Crippen LogP contribution in [0.2, 0.25) is 0 Å². The number of ether oxygens (including phenoxy) is 1. The third-order valence-corrected chi connectivity index (χ3v) is 6.84. The van der Waals surface area contributed by atoms with Gasteiger partial charge < -0.3 is 9.84 Å². The summed E-state index contributed by atoms with van der Waals surface area (Å²) >= 11 is 1.35. The molecule has 0 atom stereocenters. The number of para-hydroxylation sites is 1. The molecule has 3 heterocycles. The van der Waals surface area contributed by atoms with Crippen molar-refractivity contribution < 1.29 is 14.6 Å². The summed E-state index contributed by atoms with van der Waals surface area (Å²) in [6.45, 7) is -0.0932. The highest BCUT2D eigenvalue weighted by Gasteiger charge is 2.27. The summed E-state index contributed by atoms with van der Waals surface area (Å²) in [4.78, 5) is 35.5. The Morgan fingerprint density at radius 1 is 1.11 bits per heavy atom. The number of esters is 1. The van der Waals surface area contributed by atoms with Crippen LogP contribution in [0.5, 0.6) is 5.75 Å². The fourth-order valence-corrected chi connectivity index (χ4v) is 5.20. The average molecular weight is 482 g/mol. The van der Waals surface area contributed by atoms with E-state index in [-0.39, 0.29) is 17.9 Å². The van der Waals surface area contributed by atoms with Gasteiger partial charge in [0.25, 0.3) is 5.56 Å². The maximum atomic E-state index is 13.4. The number of nitrogens with zero attached hydrogens (tertiary/aromatic N) is 3. The number of fused-ring (bicyclic) bond motifs is 3. The number of carbonyl (C=O) groups excluding carboxylic acids is 1. The van der Waals surface area contributed by atoms with Gasteiger partial charge >= 0.3 is 5.97 Å². The Balaban J connectivity index is 1.37. The molecule has 2 aromatic carbocycles. The van der Waals surface area contributed by atoms with E-state index in [4.69, 9.17) is 9.72 Å². The minimum atomic E-state index is -0.459. The van der Waals surface area contributed by atoms with Crippen LogP contribution in [-0.4, -0.2) is 25.4 Å². The summed E-state index contributed by atoms with van der Waals surface area (Å²) in [5.74, 6) is -0.248. The summed E-state index contributed by atoms with van der Waals surface area (Å²) in [7, 11) is 0. The zero-order valence-electron chi connectivity index (χ0n) is 18.5. The number of pyridine rings is 1. The molecular formula is C27H19N3O4S. The zero-order chi connectivity index (χ0) is 23.9. The molecule has 0 unspecified atom stereocenters. The van der Waals surface area contributed by atoms with Crippen molar-refractivity contribution in [2.24, 2.45) is 0 Å². The van der Waals surface area contributed by atoms with E-state index in [2.05, 4.69) is 4.98 Å². The van der Waals surface area contributed by atoms with Crippen LogP contribution >= 0.6 is 11.3 Å². The van der Waals surface area contributed by atoms with E-state index in [1.165, 1.54) is 21.8 Å². The molecule has 0 radical (unpaired) electrons. The van der Waals surface area contributed by atoms with Gasteiger partial charge in [0.05, 0.1) is 22.5 Å². The van der Waals surface area contributed by atoms with E-state index in [0.717, 1.165) is 34.2 Å². The summed E-state index contributed by atoms with van der Waals surface area (Å²) in [5.41, 5.74) is 5.06. The summed E-state index contributed by atoms with van der Waals surface area (Å²) < 4.78 is 7.13. The summed E-state index contributed by atoms with van der Waals surface area (Å²) in [6, 6.07) is 15.9. The first-order chi connectivity index (χ1) is 17.1. The lowest BCUT2D eigenvalue weighted by atomic mass is 10.0. The Kier molecular flexibility index (Phi) is 5.15. The van der Waals surface area contributed by atoms with E-state index in [9.17, 15) is 14.7 Å². The van der Waals surface area contributed by atoms with Crippen molar-refractivity contribution in [2.45, 2.75) is 19.4 Å². The first-order valence-electron chi connectivity index (χ1n) is 11.1. The number of allylic oxidation sites excluding steroid dienone is 1. The second-order valence-corrected chi connectivity index (χ2v) is 9.18. The molecule has 0 fully saturated rings. The molecule has 1 aliphatic rings. The van der Waals surface area contributed by atoms with Crippen molar-refractivity contribution in [3.05, 3.63) is 105 Å². The van der Waals surface area contributed by atoms with Gasteiger partial charge in [0.15, 0.2) is 4.96 Å². The number of hydrogen-bond donors (Lipinski definition) is 1. The fraction of sp³-hybridized carbons (Fsp3) is 0.111. The number of aromatic hydroxyl groups is 1. The van der Waals surface area contributed by atoms with Crippen LogP contribution in [-0.2, 0) is 17.8 Å². The number of benzene rings is 2. The normalized spacial score (nSPS) is 14.0. The molecule has 1 N–H and O–H groups in total. The summed E-state index contributed by atoms with van der Waals surface area (Å²) in [6.07, 6.45) is 5.12. The van der Waals surface area contributed by atoms with Gasteiger partial charge in [-0.3, -0.25) is 9.20 Å². The molecule has 6 rings (SSSR count). The number of aromatic nitrogens is 3. The molecule has 172 valence electrons. The molecule has 5 aromatic rings. The van der Waals surface area contributed by atoms with Crippen LogP contribution in [0.1, 0.15) is 39.3 Å². The lowest BCUT2D eigenvalue weighted by Crippen LogP contribution is -2.15. The van der Waals surface area contributed by atoms with Gasteiger partial charge in [-0.1, -0.05) is 30.3 Å². The second-order valence-electron chi connectivity index (χ2n) is 8.31. The maximum absolute atomic E-state index is 13.4. The first kappa shape index (κ1) is 21.2. The van der Waals surface area contributed by atoms with Crippen molar-refractivity contribution in [1.29, 1.82) is 0 Å². The van der Waals surface area contributed by atoms with Gasteiger partial charge in [0, 0.05) is 23.0 Å². The van der Waals surface area contributed by atoms with Crippen LogP contribution in [0.3, 0.4) is 0 Å². The standard InChI is InChI=1S/C27H19N3O4S/c31-19-8-5-16(6-9-19)13-17-7-10-21-24(20-3-1-2-4-22(20)29-25(17)21)26(33)34-15-18-14-23(32)30-11-12-35-27(30)28-18/h1-6,8-9,11-14,31H,7,10,15H2. The van der Waals surface area contributed by atoms with E-state index >= 15 is 0 Å². The Bertz CT molecular complexity index is 1700. The first-order valence-corrected chi connectivity index (χ1v) is 12.0. The van der Waals surface area contributed by atoms with Gasteiger partial charge in [-0.2, -0.15) is 0 Å². The number of carbonyl (C=O) groups is 1. The van der Waals surface area contributed by atoms with Crippen LogP contribution < -0.4 is 5.56 Å². The molecule has 0 saturated carbocycles. The molecule has 0 aliphatic heterocycles. The van der Waals surface area contributed by atoms with Crippen molar-refractivity contribution in [3.8, 4) is 5.75 Å². The number of phenolic OH excluding ortho intramolecular Hbond substituents is 1. The lowest BCUT2D eigenvalue weighted by Gasteiger charge is -2.12. The van der Waals surface area contributed by atoms with E-state index in [0.29, 0.717) is 28.2 Å². The lowest BCUT2D eigenvalue weighted by molar-refractivity contribution is 0.0469. The smallest absolute Gasteiger partial charge is 0.339 e. The van der Waals surface area contributed by atoms with E-state index in [1.807, 2.05) is 42.5 Å². The van der Waals surface area contributed by atoms with Crippen LogP contribution in [0.4, 0.5) is 0 Å². The van der Waals surface area contributed by atoms with Crippen molar-refractivity contribution >= 4 is 44.8 Å². The molecule has 0 saturated heterocycles. The van der Waals surface area contributed by atoms with Crippen LogP contribution in [0, 0.1) is 0 Å². The SMILES string of the molecule is O=C(OCc1cc(=O)n2ccsc2n1)c1c2c(nc3ccccc13)C(=Cc1ccc(O)cc1)CC2. The minimum Gasteiger partial charge on any atom is -0.508 e. The van der Waals surface area contributed by atoms with Gasteiger partial charge in [-0.05, 0) is 53.8 Å². The third-order valence-electron chi connectivity index (χ3n) is 6.09. The highest BCUT2D eigenvalue weighted by atomic mass is 32.1. The van der Waals surface area contributed by atoms with E-state index in [1.54, 1.807) is 23.7 Å². The Hall–Kier alpha value is -4.30. The number of thiazole rings is 1. The number of hydrogen-bond acceptors (Lipinski definition) is 7.